The maximum atomic E-state index is 6.43. The molecule has 0 N–H and O–H groups in total. The van der Waals surface area contributed by atoms with Gasteiger partial charge in [-0.05, 0) is 58.3 Å². The average molecular weight is 323 g/mol. The summed E-state index contributed by atoms with van der Waals surface area (Å²) in [7, 11) is -0.0480. The first kappa shape index (κ1) is 13.6. The molecule has 3 aromatic carbocycles. The zero-order chi connectivity index (χ0) is 16.7. The predicted molar refractivity (Wildman–Crippen MR) is 103 cm³/mol. The number of rotatable bonds is 1. The van der Waals surface area contributed by atoms with Gasteiger partial charge in [0.25, 0.3) is 0 Å². The number of hydrogen-bond donors (Lipinski definition) is 0. The molecular formula is C22H18BNO. The highest BCUT2D eigenvalue weighted by Gasteiger charge is 2.47. The van der Waals surface area contributed by atoms with Crippen molar-refractivity contribution in [2.24, 2.45) is 0 Å². The number of fused-ring (bicyclic) bond motifs is 5. The quantitative estimate of drug-likeness (QED) is 0.474. The highest BCUT2D eigenvalue weighted by molar-refractivity contribution is 6.77. The molecule has 0 saturated heterocycles. The van der Waals surface area contributed by atoms with E-state index in [-0.39, 0.29) is 7.05 Å². The fourth-order valence-corrected chi connectivity index (χ4v) is 4.65. The highest BCUT2D eigenvalue weighted by atomic mass is 16.5. The lowest BCUT2D eigenvalue weighted by Crippen LogP contribution is -2.50. The van der Waals surface area contributed by atoms with Gasteiger partial charge in [0.15, 0.2) is 0 Å². The van der Waals surface area contributed by atoms with E-state index in [4.69, 9.17) is 4.65 Å². The molecule has 2 nitrogen and oxygen atoms in total. The van der Waals surface area contributed by atoms with Crippen molar-refractivity contribution < 1.29 is 4.65 Å². The second-order valence-corrected chi connectivity index (χ2v) is 7.59. The third kappa shape index (κ3) is 1.61. The zero-order valence-corrected chi connectivity index (χ0v) is 14.4. The first-order valence-corrected chi connectivity index (χ1v) is 9.06. The number of nitrogens with zero attached hydrogens (tertiary/aromatic N) is 1. The van der Waals surface area contributed by atoms with Crippen LogP contribution in [0, 0.1) is 0 Å². The van der Waals surface area contributed by atoms with E-state index in [2.05, 4.69) is 73.3 Å². The Kier molecular flexibility index (Phi) is 2.44. The van der Waals surface area contributed by atoms with Gasteiger partial charge >= 0.3 is 7.05 Å². The van der Waals surface area contributed by atoms with Crippen LogP contribution in [0.2, 0.25) is 0 Å². The van der Waals surface area contributed by atoms with Crippen molar-refractivity contribution in [2.75, 3.05) is 4.81 Å². The molecule has 0 aromatic heterocycles. The molecule has 0 unspecified atom stereocenters. The minimum Gasteiger partial charge on any atom is -0.536 e. The SMILES string of the molecule is CC(C)c1ccc2c(c1)N1B(O2)c2cccc3c2-c2c(cccc21)C3. The Morgan fingerprint density at radius 1 is 0.920 bits per heavy atom. The summed E-state index contributed by atoms with van der Waals surface area (Å²) >= 11 is 0. The van der Waals surface area contributed by atoms with Crippen molar-refractivity contribution in [3.63, 3.8) is 0 Å². The van der Waals surface area contributed by atoms with E-state index in [0.29, 0.717) is 5.92 Å². The van der Waals surface area contributed by atoms with Gasteiger partial charge in [-0.3, -0.25) is 0 Å². The molecule has 0 fully saturated rings. The third-order valence-corrected chi connectivity index (χ3v) is 5.85. The molecule has 3 aliphatic rings. The standard InChI is InChI=1S/C22H18BNO/c1-13(2)14-9-10-20-19(12-14)24-18-8-4-6-16-11-15-5-3-7-17(23(24)25-20)21(15)22(16)18/h3-10,12-13H,11H2,1-2H3. The Bertz CT molecular complexity index is 1060. The summed E-state index contributed by atoms with van der Waals surface area (Å²) in [6.07, 6.45) is 1.03. The lowest BCUT2D eigenvalue weighted by Gasteiger charge is -2.31. The van der Waals surface area contributed by atoms with Crippen LogP contribution >= 0.6 is 0 Å². The molecule has 25 heavy (non-hydrogen) atoms. The van der Waals surface area contributed by atoms with Gasteiger partial charge < -0.3 is 9.47 Å². The summed E-state index contributed by atoms with van der Waals surface area (Å²) in [6, 6.07) is 20.0. The molecule has 0 saturated carbocycles. The Morgan fingerprint density at radius 3 is 2.56 bits per heavy atom. The van der Waals surface area contributed by atoms with Crippen molar-refractivity contribution in [3.05, 3.63) is 71.3 Å². The Labute approximate surface area is 148 Å². The van der Waals surface area contributed by atoms with Gasteiger partial charge in [-0.15, -0.1) is 0 Å². The monoisotopic (exact) mass is 323 g/mol. The van der Waals surface area contributed by atoms with E-state index in [1.807, 2.05) is 0 Å². The second-order valence-electron chi connectivity index (χ2n) is 7.59. The molecule has 3 heteroatoms. The molecule has 2 heterocycles. The minimum atomic E-state index is -0.0480. The number of hydrogen-bond acceptors (Lipinski definition) is 2. The van der Waals surface area contributed by atoms with Crippen molar-refractivity contribution in [3.8, 4) is 16.9 Å². The van der Waals surface area contributed by atoms with Crippen LogP contribution in [0.4, 0.5) is 11.4 Å². The molecule has 6 rings (SSSR count). The minimum absolute atomic E-state index is 0.0480. The van der Waals surface area contributed by atoms with Crippen LogP contribution in [0.25, 0.3) is 11.1 Å². The van der Waals surface area contributed by atoms with Gasteiger partial charge in [-0.2, -0.15) is 0 Å². The lowest BCUT2D eigenvalue weighted by atomic mass is 9.65. The first-order valence-electron chi connectivity index (χ1n) is 9.06. The van der Waals surface area contributed by atoms with Crippen molar-refractivity contribution in [1.29, 1.82) is 0 Å². The van der Waals surface area contributed by atoms with E-state index >= 15 is 0 Å². The van der Waals surface area contributed by atoms with Crippen LogP contribution in [0.15, 0.2) is 54.6 Å². The number of anilines is 2. The summed E-state index contributed by atoms with van der Waals surface area (Å²) in [4.78, 5) is 2.40. The molecule has 1 aliphatic carbocycles. The lowest BCUT2D eigenvalue weighted by molar-refractivity contribution is 0.603. The average Bonchev–Trinajstić information content (AvgIpc) is 3.19. The molecule has 3 aromatic rings. The summed E-state index contributed by atoms with van der Waals surface area (Å²) < 4.78 is 6.43. The van der Waals surface area contributed by atoms with Crippen LogP contribution in [-0.4, -0.2) is 7.05 Å². The zero-order valence-electron chi connectivity index (χ0n) is 14.4. The van der Waals surface area contributed by atoms with Crippen LogP contribution in [0.1, 0.15) is 36.5 Å². The number of benzene rings is 3. The smallest absolute Gasteiger partial charge is 0.524 e. The van der Waals surface area contributed by atoms with Gasteiger partial charge in [-0.1, -0.05) is 50.2 Å². The Balaban J connectivity index is 1.66. The molecule has 0 spiro atoms. The van der Waals surface area contributed by atoms with Crippen LogP contribution in [0.3, 0.4) is 0 Å². The molecule has 0 amide bonds. The van der Waals surface area contributed by atoms with Crippen LogP contribution in [-0.2, 0) is 6.42 Å². The first-order chi connectivity index (χ1) is 12.2. The predicted octanol–water partition coefficient (Wildman–Crippen LogP) is 4.62. The largest absolute Gasteiger partial charge is 0.536 e. The second kappa shape index (κ2) is 4.48. The molecular weight excluding hydrogens is 305 g/mol. The van der Waals surface area contributed by atoms with E-state index < -0.39 is 0 Å². The maximum Gasteiger partial charge on any atom is 0.524 e. The third-order valence-electron chi connectivity index (χ3n) is 5.85. The van der Waals surface area contributed by atoms with Crippen molar-refractivity contribution >= 4 is 23.9 Å². The summed E-state index contributed by atoms with van der Waals surface area (Å²) in [5.41, 5.74) is 10.8. The van der Waals surface area contributed by atoms with E-state index in [9.17, 15) is 0 Å². The summed E-state index contributed by atoms with van der Waals surface area (Å²) in [6.45, 7) is 4.49. The van der Waals surface area contributed by atoms with Crippen LogP contribution < -0.4 is 14.9 Å². The normalized spacial score (nSPS) is 15.2. The molecule has 2 aliphatic heterocycles. The highest BCUT2D eigenvalue weighted by Crippen LogP contribution is 2.51. The van der Waals surface area contributed by atoms with Gasteiger partial charge in [0.2, 0.25) is 0 Å². The van der Waals surface area contributed by atoms with Crippen molar-refractivity contribution in [1.82, 2.24) is 0 Å². The maximum absolute atomic E-state index is 6.43. The fraction of sp³-hybridized carbons (Fsp3) is 0.182. The Morgan fingerprint density at radius 2 is 1.72 bits per heavy atom. The molecule has 120 valence electrons. The molecule has 0 atom stereocenters. The fourth-order valence-electron chi connectivity index (χ4n) is 4.65. The topological polar surface area (TPSA) is 12.5 Å². The summed E-state index contributed by atoms with van der Waals surface area (Å²) in [5.74, 6) is 1.50. The summed E-state index contributed by atoms with van der Waals surface area (Å²) in [5, 5.41) is 0. The van der Waals surface area contributed by atoms with E-state index in [0.717, 1.165) is 12.2 Å². The van der Waals surface area contributed by atoms with Crippen LogP contribution in [0.5, 0.6) is 5.75 Å². The van der Waals surface area contributed by atoms with E-state index in [1.54, 1.807) is 0 Å². The van der Waals surface area contributed by atoms with Gasteiger partial charge in [-0.25, -0.2) is 0 Å². The molecule has 0 radical (unpaired) electrons. The van der Waals surface area contributed by atoms with Crippen molar-refractivity contribution in [2.45, 2.75) is 26.2 Å². The Hall–Kier alpha value is -2.68. The van der Waals surface area contributed by atoms with Gasteiger partial charge in [0.05, 0.1) is 5.69 Å². The van der Waals surface area contributed by atoms with Gasteiger partial charge in [0, 0.05) is 11.3 Å². The molecule has 0 bridgehead atoms. The van der Waals surface area contributed by atoms with E-state index in [1.165, 1.54) is 44.7 Å². The van der Waals surface area contributed by atoms with Gasteiger partial charge in [0.1, 0.15) is 5.75 Å².